The van der Waals surface area contributed by atoms with Crippen LogP contribution in [-0.4, -0.2) is 17.5 Å². The predicted molar refractivity (Wildman–Crippen MR) is 80.8 cm³/mol. The normalized spacial score (nSPS) is 10.5. The zero-order valence-electron chi connectivity index (χ0n) is 11.2. The maximum Gasteiger partial charge on any atom is 0.322 e. The molecule has 2 aromatic rings. The fraction of sp³-hybridized carbons (Fsp3) is 0.214. The van der Waals surface area contributed by atoms with Crippen LogP contribution in [0.2, 0.25) is 4.34 Å². The molecule has 0 atom stereocenters. The second kappa shape index (κ2) is 6.87. The van der Waals surface area contributed by atoms with E-state index in [0.717, 1.165) is 17.0 Å². The standard InChI is InChI=1S/C14H13ClF2N2OS/c1-2-19(8-9-6-7-12(15)21-9)14(20)18-13-10(16)4-3-5-11(13)17/h3-7H,2,8H2,1H3,(H,18,20). The number of halogens is 3. The van der Waals surface area contributed by atoms with E-state index in [1.165, 1.54) is 22.3 Å². The summed E-state index contributed by atoms with van der Waals surface area (Å²) in [7, 11) is 0. The third-order valence-corrected chi connectivity index (χ3v) is 4.06. The van der Waals surface area contributed by atoms with Gasteiger partial charge >= 0.3 is 6.03 Å². The number of carbonyl (C=O) groups excluding carboxylic acids is 1. The molecule has 21 heavy (non-hydrogen) atoms. The van der Waals surface area contributed by atoms with E-state index in [4.69, 9.17) is 11.6 Å². The summed E-state index contributed by atoms with van der Waals surface area (Å²) in [6.45, 7) is 2.51. The first-order valence-corrected chi connectivity index (χ1v) is 7.45. The smallest absolute Gasteiger partial charge is 0.320 e. The first-order chi connectivity index (χ1) is 10.0. The van der Waals surface area contributed by atoms with E-state index in [0.29, 0.717) is 17.4 Å². The Bertz CT molecular complexity index is 627. The number of carbonyl (C=O) groups is 1. The third-order valence-electron chi connectivity index (χ3n) is 2.84. The van der Waals surface area contributed by atoms with Gasteiger partial charge in [0.05, 0.1) is 10.9 Å². The summed E-state index contributed by atoms with van der Waals surface area (Å²) in [6.07, 6.45) is 0. The van der Waals surface area contributed by atoms with Crippen LogP contribution in [0.15, 0.2) is 30.3 Å². The molecule has 0 aliphatic rings. The lowest BCUT2D eigenvalue weighted by atomic mass is 10.3. The SMILES string of the molecule is CCN(Cc1ccc(Cl)s1)C(=O)Nc1c(F)cccc1F. The average molecular weight is 331 g/mol. The number of urea groups is 1. The molecule has 1 aromatic carbocycles. The highest BCUT2D eigenvalue weighted by Crippen LogP contribution is 2.23. The van der Waals surface area contributed by atoms with Crippen LogP contribution in [-0.2, 0) is 6.54 Å². The summed E-state index contributed by atoms with van der Waals surface area (Å²) >= 11 is 7.20. The summed E-state index contributed by atoms with van der Waals surface area (Å²) in [4.78, 5) is 14.4. The van der Waals surface area contributed by atoms with E-state index in [-0.39, 0.29) is 0 Å². The number of benzene rings is 1. The first-order valence-electron chi connectivity index (χ1n) is 6.25. The Balaban J connectivity index is 2.10. The molecule has 0 bridgehead atoms. The molecule has 0 saturated heterocycles. The van der Waals surface area contributed by atoms with Crippen molar-refractivity contribution in [3.8, 4) is 0 Å². The molecule has 0 fully saturated rings. The number of rotatable bonds is 4. The molecule has 0 spiro atoms. The Morgan fingerprint density at radius 3 is 2.48 bits per heavy atom. The number of amides is 2. The molecule has 1 aromatic heterocycles. The molecule has 0 aliphatic carbocycles. The molecule has 2 rings (SSSR count). The molecule has 0 unspecified atom stereocenters. The van der Waals surface area contributed by atoms with Gasteiger partial charge in [-0.15, -0.1) is 11.3 Å². The Kier molecular flexibility index (Phi) is 5.14. The van der Waals surface area contributed by atoms with Crippen molar-refractivity contribution in [3.05, 3.63) is 51.2 Å². The molecular formula is C14H13ClF2N2OS. The highest BCUT2D eigenvalue weighted by Gasteiger charge is 2.17. The van der Waals surface area contributed by atoms with E-state index < -0.39 is 23.4 Å². The minimum absolute atomic E-state index is 0.329. The average Bonchev–Trinajstić information content (AvgIpc) is 2.85. The number of para-hydroxylation sites is 1. The number of anilines is 1. The molecular weight excluding hydrogens is 318 g/mol. The summed E-state index contributed by atoms with van der Waals surface area (Å²) < 4.78 is 27.7. The zero-order valence-corrected chi connectivity index (χ0v) is 12.8. The van der Waals surface area contributed by atoms with E-state index in [9.17, 15) is 13.6 Å². The Morgan fingerprint density at radius 2 is 1.95 bits per heavy atom. The van der Waals surface area contributed by atoms with Gasteiger partial charge in [-0.2, -0.15) is 0 Å². The van der Waals surface area contributed by atoms with Gasteiger partial charge in [0.1, 0.15) is 17.3 Å². The number of thiophene rings is 1. The van der Waals surface area contributed by atoms with Crippen molar-refractivity contribution in [1.82, 2.24) is 4.90 Å². The third kappa shape index (κ3) is 3.92. The Hall–Kier alpha value is -1.66. The highest BCUT2D eigenvalue weighted by atomic mass is 35.5. The molecule has 3 nitrogen and oxygen atoms in total. The van der Waals surface area contributed by atoms with Crippen LogP contribution in [0.4, 0.5) is 19.3 Å². The van der Waals surface area contributed by atoms with Gasteiger partial charge in [-0.25, -0.2) is 13.6 Å². The van der Waals surface area contributed by atoms with Crippen LogP contribution in [0.1, 0.15) is 11.8 Å². The van der Waals surface area contributed by atoms with Crippen molar-refractivity contribution in [2.45, 2.75) is 13.5 Å². The van der Waals surface area contributed by atoms with Gasteiger partial charge < -0.3 is 10.2 Å². The highest BCUT2D eigenvalue weighted by molar-refractivity contribution is 7.16. The molecule has 0 saturated carbocycles. The Morgan fingerprint density at radius 1 is 1.29 bits per heavy atom. The summed E-state index contributed by atoms with van der Waals surface area (Å²) in [6, 6.07) is 6.41. The zero-order chi connectivity index (χ0) is 15.4. The van der Waals surface area contributed by atoms with Gasteiger partial charge in [0.15, 0.2) is 0 Å². The van der Waals surface area contributed by atoms with Crippen molar-refractivity contribution in [2.75, 3.05) is 11.9 Å². The van der Waals surface area contributed by atoms with Gasteiger partial charge in [-0.1, -0.05) is 17.7 Å². The van der Waals surface area contributed by atoms with Crippen LogP contribution in [0.5, 0.6) is 0 Å². The first kappa shape index (κ1) is 15.7. The Labute approximate surface area is 130 Å². The van der Waals surface area contributed by atoms with Crippen molar-refractivity contribution < 1.29 is 13.6 Å². The van der Waals surface area contributed by atoms with E-state index in [1.54, 1.807) is 13.0 Å². The predicted octanol–water partition coefficient (Wildman–Crippen LogP) is 4.73. The molecule has 1 heterocycles. The quantitative estimate of drug-likeness (QED) is 0.863. The number of hydrogen-bond acceptors (Lipinski definition) is 2. The molecule has 0 radical (unpaired) electrons. The molecule has 112 valence electrons. The van der Waals surface area contributed by atoms with Crippen molar-refractivity contribution in [3.63, 3.8) is 0 Å². The van der Waals surface area contributed by atoms with Crippen LogP contribution >= 0.6 is 22.9 Å². The lowest BCUT2D eigenvalue weighted by molar-refractivity contribution is 0.212. The van der Waals surface area contributed by atoms with Gasteiger partial charge in [0.25, 0.3) is 0 Å². The summed E-state index contributed by atoms with van der Waals surface area (Å²) in [5.41, 5.74) is -0.440. The van der Waals surface area contributed by atoms with Crippen LogP contribution in [0.25, 0.3) is 0 Å². The molecule has 1 N–H and O–H groups in total. The van der Waals surface area contributed by atoms with Gasteiger partial charge in [-0.05, 0) is 31.2 Å². The number of nitrogens with zero attached hydrogens (tertiary/aromatic N) is 1. The summed E-state index contributed by atoms with van der Waals surface area (Å²) in [5.74, 6) is -1.61. The molecule has 0 aliphatic heterocycles. The largest absolute Gasteiger partial charge is 0.322 e. The van der Waals surface area contributed by atoms with Crippen LogP contribution in [0, 0.1) is 11.6 Å². The van der Waals surface area contributed by atoms with Gasteiger partial charge in [0, 0.05) is 11.4 Å². The number of hydrogen-bond donors (Lipinski definition) is 1. The maximum atomic E-state index is 13.5. The second-order valence-corrected chi connectivity index (χ2v) is 6.05. The lowest BCUT2D eigenvalue weighted by Gasteiger charge is -2.21. The number of nitrogens with one attached hydrogen (secondary N) is 1. The lowest BCUT2D eigenvalue weighted by Crippen LogP contribution is -2.34. The monoisotopic (exact) mass is 330 g/mol. The minimum Gasteiger partial charge on any atom is -0.320 e. The van der Waals surface area contributed by atoms with Gasteiger partial charge in [-0.3, -0.25) is 0 Å². The van der Waals surface area contributed by atoms with Crippen molar-refractivity contribution >= 4 is 34.7 Å². The van der Waals surface area contributed by atoms with E-state index in [1.807, 2.05) is 6.07 Å². The van der Waals surface area contributed by atoms with Crippen molar-refractivity contribution in [2.24, 2.45) is 0 Å². The molecule has 7 heteroatoms. The maximum absolute atomic E-state index is 13.5. The van der Waals surface area contributed by atoms with Crippen LogP contribution in [0.3, 0.4) is 0 Å². The van der Waals surface area contributed by atoms with Crippen molar-refractivity contribution in [1.29, 1.82) is 0 Å². The molecule has 2 amide bonds. The van der Waals surface area contributed by atoms with E-state index >= 15 is 0 Å². The fourth-order valence-electron chi connectivity index (χ4n) is 1.76. The summed E-state index contributed by atoms with van der Waals surface area (Å²) in [5, 5.41) is 2.27. The van der Waals surface area contributed by atoms with Crippen LogP contribution < -0.4 is 5.32 Å². The topological polar surface area (TPSA) is 32.3 Å². The second-order valence-electron chi connectivity index (χ2n) is 4.25. The minimum atomic E-state index is -0.807. The van der Waals surface area contributed by atoms with E-state index in [2.05, 4.69) is 5.32 Å². The fourth-order valence-corrected chi connectivity index (χ4v) is 2.86. The van der Waals surface area contributed by atoms with Gasteiger partial charge in [0.2, 0.25) is 0 Å².